The van der Waals surface area contributed by atoms with Crippen LogP contribution in [0.25, 0.3) is 0 Å². The molecule has 0 unspecified atom stereocenters. The van der Waals surface area contributed by atoms with Crippen molar-refractivity contribution in [2.75, 3.05) is 73.7 Å². The standard InChI is InChI=1S/C20H27N3O5.C18H25N3O4.C10H17NO3.ClH/c1-19(2,3)28-18(26)22-10-8-20(9-11-22)16(24)23(17(25)21-20)13-14-6-5-7-15(12-14)27-4;1-24-11-10-21-17(23)20(13-14-4-3-5-15(12-14)25-2)16(22)18(21)6-8-19-9-7-18;1-10(2,3)14-9(13)11-6-4-8(12)5-7-11;/h5-7,12H,8-11,13H2,1-4H3,(H,21,25);3-5,12,19H,6-11,13H2,1-2H3;4-7H2,1-3H3;1H. The van der Waals surface area contributed by atoms with Crippen LogP contribution in [-0.4, -0.2) is 162 Å². The Kier molecular flexibility index (Phi) is 19.0. The number of amides is 8. The van der Waals surface area contributed by atoms with Gasteiger partial charge in [0.25, 0.3) is 11.8 Å². The molecule has 5 aliphatic heterocycles. The Bertz CT molecular complexity index is 2100. The quantitative estimate of drug-likeness (QED) is 0.288. The third kappa shape index (κ3) is 14.0. The molecule has 7 rings (SSSR count). The number of benzene rings is 2. The molecule has 0 atom stereocenters. The number of carbonyl (C=O) groups excluding carboxylic acids is 7. The first-order chi connectivity index (χ1) is 31.6. The molecule has 5 aliphatic rings. The van der Waals surface area contributed by atoms with Crippen LogP contribution in [0.1, 0.15) is 91.2 Å². The molecule has 2 N–H and O–H groups in total. The van der Waals surface area contributed by atoms with Gasteiger partial charge in [0.15, 0.2) is 0 Å². The van der Waals surface area contributed by atoms with E-state index in [4.69, 9.17) is 23.7 Å². The lowest BCUT2D eigenvalue weighted by atomic mass is 9.86. The predicted octanol–water partition coefficient (Wildman–Crippen LogP) is 5.75. The van der Waals surface area contributed by atoms with Crippen LogP contribution < -0.4 is 20.1 Å². The van der Waals surface area contributed by atoms with Crippen molar-refractivity contribution in [1.82, 2.24) is 35.1 Å². The fraction of sp³-hybridized carbons (Fsp3) is 0.604. The monoisotopic (exact) mass is 971 g/mol. The molecule has 0 radical (unpaired) electrons. The number of hydrogen-bond donors (Lipinski definition) is 2. The first-order valence-corrected chi connectivity index (χ1v) is 22.8. The fourth-order valence-corrected chi connectivity index (χ4v) is 8.47. The average molecular weight is 973 g/mol. The van der Waals surface area contributed by atoms with Crippen molar-refractivity contribution in [3.8, 4) is 11.5 Å². The van der Waals surface area contributed by atoms with Gasteiger partial charge in [-0.3, -0.25) is 24.2 Å². The maximum atomic E-state index is 13.2. The number of ketones is 1. The predicted molar refractivity (Wildman–Crippen MR) is 254 cm³/mol. The zero-order valence-corrected chi connectivity index (χ0v) is 41.8. The summed E-state index contributed by atoms with van der Waals surface area (Å²) < 4.78 is 26.2. The number of halogens is 1. The van der Waals surface area contributed by atoms with Gasteiger partial charge in [0.05, 0.1) is 33.9 Å². The summed E-state index contributed by atoms with van der Waals surface area (Å²) in [5.41, 5.74) is -1.03. The second kappa shape index (κ2) is 23.6. The van der Waals surface area contributed by atoms with Gasteiger partial charge < -0.3 is 49.0 Å². The Morgan fingerprint density at radius 1 is 0.662 bits per heavy atom. The molecule has 0 aromatic heterocycles. The summed E-state index contributed by atoms with van der Waals surface area (Å²) in [5.74, 6) is 1.27. The van der Waals surface area contributed by atoms with Crippen LogP contribution in [0.15, 0.2) is 48.5 Å². The molecule has 0 aliphatic carbocycles. The number of hydrogen-bond acceptors (Lipinski definition) is 13. The molecule has 5 saturated heterocycles. The van der Waals surface area contributed by atoms with Crippen molar-refractivity contribution in [2.24, 2.45) is 0 Å². The number of urea groups is 2. The Labute approximate surface area is 405 Å². The summed E-state index contributed by atoms with van der Waals surface area (Å²) in [5, 5.41) is 6.12. The minimum Gasteiger partial charge on any atom is -0.497 e. The van der Waals surface area contributed by atoms with Gasteiger partial charge in [0.2, 0.25) is 0 Å². The SMILES string of the molecule is CC(C)(C)OC(=O)N1CCC(=O)CC1.COCCN1C(=O)N(Cc2cccc(OC)c2)C(=O)C12CCNCC2.COc1cccc(CN2C(=O)NC3(CCN(C(=O)OC(C)(C)C)CC3)C2=O)c1.Cl. The van der Waals surface area contributed by atoms with E-state index in [1.807, 2.05) is 84.0 Å². The first-order valence-electron chi connectivity index (χ1n) is 22.8. The smallest absolute Gasteiger partial charge is 0.410 e. The first kappa shape index (κ1) is 54.9. The normalized spacial score (nSPS) is 18.8. The lowest BCUT2D eigenvalue weighted by molar-refractivity contribution is -0.135. The number of likely N-dealkylation sites (tertiary alicyclic amines) is 2. The number of nitrogens with one attached hydrogen (secondary N) is 2. The minimum absolute atomic E-state index is 0. The van der Waals surface area contributed by atoms with E-state index in [-0.39, 0.29) is 55.2 Å². The van der Waals surface area contributed by atoms with Gasteiger partial charge in [-0.25, -0.2) is 19.2 Å². The molecule has 19 nitrogen and oxygen atoms in total. The summed E-state index contributed by atoms with van der Waals surface area (Å²) in [7, 11) is 4.77. The van der Waals surface area contributed by atoms with Gasteiger partial charge in [0, 0.05) is 52.7 Å². The topological polar surface area (TPSA) is 206 Å². The third-order valence-corrected chi connectivity index (χ3v) is 12.0. The Morgan fingerprint density at radius 3 is 1.62 bits per heavy atom. The van der Waals surface area contributed by atoms with E-state index in [9.17, 15) is 33.6 Å². The number of nitrogens with zero attached hydrogens (tertiary/aromatic N) is 5. The van der Waals surface area contributed by atoms with Gasteiger partial charge in [-0.2, -0.15) is 0 Å². The summed E-state index contributed by atoms with van der Waals surface area (Å²) >= 11 is 0. The van der Waals surface area contributed by atoms with Crippen LogP contribution in [0.2, 0.25) is 0 Å². The van der Waals surface area contributed by atoms with Crippen LogP contribution in [0.4, 0.5) is 19.2 Å². The van der Waals surface area contributed by atoms with Crippen molar-refractivity contribution in [2.45, 2.75) is 115 Å². The largest absolute Gasteiger partial charge is 0.497 e. The second-order valence-corrected chi connectivity index (χ2v) is 19.2. The van der Waals surface area contributed by atoms with Gasteiger partial charge in [0.1, 0.15) is 39.6 Å². The molecule has 8 amide bonds. The van der Waals surface area contributed by atoms with E-state index in [0.29, 0.717) is 89.4 Å². The van der Waals surface area contributed by atoms with Gasteiger partial charge in [-0.05, 0) is 116 Å². The highest BCUT2D eigenvalue weighted by Crippen LogP contribution is 2.37. The molecule has 2 spiro atoms. The number of carbonyl (C=O) groups is 7. The van der Waals surface area contributed by atoms with Crippen LogP contribution >= 0.6 is 12.4 Å². The maximum Gasteiger partial charge on any atom is 0.410 e. The third-order valence-electron chi connectivity index (χ3n) is 12.0. The summed E-state index contributed by atoms with van der Waals surface area (Å²) in [6.45, 7) is 15.4. The molecule has 376 valence electrons. The lowest BCUT2D eigenvalue weighted by Gasteiger charge is -2.38. The van der Waals surface area contributed by atoms with Crippen molar-refractivity contribution in [3.63, 3.8) is 0 Å². The van der Waals surface area contributed by atoms with E-state index >= 15 is 0 Å². The lowest BCUT2D eigenvalue weighted by Crippen LogP contribution is -2.56. The molecular weight excluding hydrogens is 902 g/mol. The van der Waals surface area contributed by atoms with Crippen LogP contribution in [0, 0.1) is 0 Å². The number of rotatable bonds is 9. The van der Waals surface area contributed by atoms with Gasteiger partial charge >= 0.3 is 24.2 Å². The molecule has 2 aromatic rings. The highest BCUT2D eigenvalue weighted by Gasteiger charge is 2.57. The highest BCUT2D eigenvalue weighted by molar-refractivity contribution is 6.08. The number of ether oxygens (including phenoxy) is 5. The van der Waals surface area contributed by atoms with E-state index in [1.165, 1.54) is 9.80 Å². The molecule has 2 aromatic carbocycles. The molecule has 5 heterocycles. The number of imide groups is 2. The van der Waals surface area contributed by atoms with E-state index in [1.54, 1.807) is 42.1 Å². The molecule has 0 bridgehead atoms. The molecule has 0 saturated carbocycles. The van der Waals surface area contributed by atoms with E-state index in [2.05, 4.69) is 10.6 Å². The number of piperidine rings is 3. The van der Waals surface area contributed by atoms with Crippen LogP contribution in [0.3, 0.4) is 0 Å². The van der Waals surface area contributed by atoms with Crippen LogP contribution in [-0.2, 0) is 41.7 Å². The van der Waals surface area contributed by atoms with Crippen molar-refractivity contribution in [1.29, 1.82) is 0 Å². The maximum absolute atomic E-state index is 13.2. The van der Waals surface area contributed by atoms with Gasteiger partial charge in [-0.1, -0.05) is 24.3 Å². The zero-order valence-electron chi connectivity index (χ0n) is 41.0. The number of Topliss-reactive ketones (excluding diaryl/α,β-unsaturated/α-hetero) is 1. The summed E-state index contributed by atoms with van der Waals surface area (Å²) in [6.07, 6.45) is 2.21. The number of methoxy groups -OCH3 is 3. The van der Waals surface area contributed by atoms with Crippen LogP contribution in [0.5, 0.6) is 11.5 Å². The summed E-state index contributed by atoms with van der Waals surface area (Å²) in [4.78, 5) is 93.9. The Balaban J connectivity index is 0.000000232. The molecule has 20 heteroatoms. The molecule has 68 heavy (non-hydrogen) atoms. The second-order valence-electron chi connectivity index (χ2n) is 19.2. The average Bonchev–Trinajstić information content (AvgIpc) is 3.61. The van der Waals surface area contributed by atoms with Crippen molar-refractivity contribution < 1.29 is 57.2 Å². The van der Waals surface area contributed by atoms with Crippen molar-refractivity contribution in [3.05, 3.63) is 59.7 Å². The molecular formula is C48H70ClN7O12. The highest BCUT2D eigenvalue weighted by atomic mass is 35.5. The molecule has 5 fully saturated rings. The Hall–Kier alpha value is -5.66. The summed E-state index contributed by atoms with van der Waals surface area (Å²) in [6, 6.07) is 14.1. The van der Waals surface area contributed by atoms with E-state index in [0.717, 1.165) is 24.2 Å². The van der Waals surface area contributed by atoms with Crippen molar-refractivity contribution >= 4 is 54.3 Å². The van der Waals surface area contributed by atoms with E-state index < -0.39 is 34.4 Å². The van der Waals surface area contributed by atoms with Gasteiger partial charge in [-0.15, -0.1) is 12.4 Å². The Morgan fingerprint density at radius 2 is 1.15 bits per heavy atom. The fourth-order valence-electron chi connectivity index (χ4n) is 8.47. The zero-order chi connectivity index (χ0) is 49.2. The minimum atomic E-state index is -0.950.